The Bertz CT molecular complexity index is 646. The maximum Gasteiger partial charge on any atom is 0.0487 e. The summed E-state index contributed by atoms with van der Waals surface area (Å²) >= 11 is 6.44. The van der Waals surface area contributed by atoms with Crippen LogP contribution in [0.3, 0.4) is 0 Å². The van der Waals surface area contributed by atoms with Gasteiger partial charge in [-0.25, -0.2) is 0 Å². The second kappa shape index (κ2) is 4.66. The lowest BCUT2D eigenvalue weighted by Crippen LogP contribution is -2.04. The number of fused-ring (bicyclic) bond motifs is 1. The maximum absolute atomic E-state index is 6.44. The lowest BCUT2D eigenvalue weighted by molar-refractivity contribution is 0.713. The summed E-state index contributed by atoms with van der Waals surface area (Å²) in [6.45, 7) is 4.22. The van der Waals surface area contributed by atoms with Gasteiger partial charge in [-0.3, -0.25) is 0 Å². The van der Waals surface area contributed by atoms with Crippen LogP contribution in [0, 0.1) is 13.8 Å². The molecule has 0 bridgehead atoms. The minimum absolute atomic E-state index is 0.181. The van der Waals surface area contributed by atoms with Crippen LogP contribution in [0.25, 0.3) is 11.1 Å². The van der Waals surface area contributed by atoms with Crippen LogP contribution in [0.5, 0.6) is 0 Å². The Labute approximate surface area is 119 Å². The monoisotopic (exact) mass is 271 g/mol. The zero-order valence-electron chi connectivity index (χ0n) is 11.3. The van der Waals surface area contributed by atoms with E-state index in [4.69, 9.17) is 17.3 Å². The summed E-state index contributed by atoms with van der Waals surface area (Å²) in [6.07, 6.45) is 2.09. The normalized spacial score (nSPS) is 17.6. The first kappa shape index (κ1) is 12.7. The van der Waals surface area contributed by atoms with E-state index in [1.165, 1.54) is 27.8 Å². The number of rotatable bonds is 1. The van der Waals surface area contributed by atoms with E-state index in [-0.39, 0.29) is 6.04 Å². The Morgan fingerprint density at radius 2 is 1.84 bits per heavy atom. The van der Waals surface area contributed by atoms with Gasteiger partial charge in [-0.15, -0.1) is 0 Å². The van der Waals surface area contributed by atoms with Gasteiger partial charge in [0.1, 0.15) is 0 Å². The molecular formula is C17H18ClN. The molecule has 1 nitrogen and oxygen atoms in total. The minimum atomic E-state index is 0.181. The third-order valence-corrected chi connectivity index (χ3v) is 4.50. The highest BCUT2D eigenvalue weighted by molar-refractivity contribution is 6.33. The molecule has 98 valence electrons. The highest BCUT2D eigenvalue weighted by Gasteiger charge is 2.22. The molecule has 2 heteroatoms. The fourth-order valence-corrected chi connectivity index (χ4v) is 3.25. The SMILES string of the molecule is Cc1cc(Cl)c(-c2cccc3c2CCC3N)cc1C. The molecule has 1 atom stereocenters. The van der Waals surface area contributed by atoms with E-state index in [1.807, 2.05) is 0 Å². The van der Waals surface area contributed by atoms with E-state index in [2.05, 4.69) is 44.2 Å². The second-order valence-electron chi connectivity index (χ2n) is 5.43. The zero-order valence-corrected chi connectivity index (χ0v) is 12.1. The van der Waals surface area contributed by atoms with Crippen molar-refractivity contribution in [3.05, 3.63) is 57.6 Å². The Balaban J connectivity index is 2.21. The van der Waals surface area contributed by atoms with Crippen molar-refractivity contribution in [3.8, 4) is 11.1 Å². The lowest BCUT2D eigenvalue weighted by atomic mass is 9.94. The number of aryl methyl sites for hydroxylation is 2. The van der Waals surface area contributed by atoms with Crippen molar-refractivity contribution in [3.63, 3.8) is 0 Å². The summed E-state index contributed by atoms with van der Waals surface area (Å²) in [5, 5.41) is 0.831. The highest BCUT2D eigenvalue weighted by Crippen LogP contribution is 2.39. The first-order valence-electron chi connectivity index (χ1n) is 6.72. The zero-order chi connectivity index (χ0) is 13.6. The second-order valence-corrected chi connectivity index (χ2v) is 5.84. The first-order valence-corrected chi connectivity index (χ1v) is 7.10. The first-order chi connectivity index (χ1) is 9.08. The smallest absolute Gasteiger partial charge is 0.0487 e. The Morgan fingerprint density at radius 3 is 2.63 bits per heavy atom. The van der Waals surface area contributed by atoms with Gasteiger partial charge in [-0.1, -0.05) is 29.8 Å². The van der Waals surface area contributed by atoms with Gasteiger partial charge in [0.05, 0.1) is 0 Å². The van der Waals surface area contributed by atoms with Gasteiger partial charge < -0.3 is 5.73 Å². The van der Waals surface area contributed by atoms with Crippen molar-refractivity contribution >= 4 is 11.6 Å². The molecule has 19 heavy (non-hydrogen) atoms. The topological polar surface area (TPSA) is 26.0 Å². The van der Waals surface area contributed by atoms with Gasteiger partial charge in [0, 0.05) is 16.6 Å². The van der Waals surface area contributed by atoms with Gasteiger partial charge in [0.15, 0.2) is 0 Å². The average Bonchev–Trinajstić information content (AvgIpc) is 2.76. The molecule has 0 spiro atoms. The summed E-state index contributed by atoms with van der Waals surface area (Å²) in [5.41, 5.74) is 13.7. The average molecular weight is 272 g/mol. The van der Waals surface area contributed by atoms with Crippen LogP contribution in [-0.2, 0) is 6.42 Å². The lowest BCUT2D eigenvalue weighted by Gasteiger charge is -2.13. The van der Waals surface area contributed by atoms with Gasteiger partial charge in [-0.2, -0.15) is 0 Å². The predicted molar refractivity (Wildman–Crippen MR) is 81.6 cm³/mol. The standard InChI is InChI=1S/C17H18ClN/c1-10-8-15(16(18)9-11(10)2)12-4-3-5-14-13(12)6-7-17(14)19/h3-5,8-9,17H,6-7,19H2,1-2H3. The van der Waals surface area contributed by atoms with Crippen LogP contribution >= 0.6 is 11.6 Å². The van der Waals surface area contributed by atoms with Gasteiger partial charge >= 0.3 is 0 Å². The molecule has 0 saturated heterocycles. The molecule has 0 amide bonds. The van der Waals surface area contributed by atoms with Crippen molar-refractivity contribution in [2.24, 2.45) is 5.73 Å². The van der Waals surface area contributed by atoms with Crippen LogP contribution in [-0.4, -0.2) is 0 Å². The Morgan fingerprint density at radius 1 is 1.11 bits per heavy atom. The molecule has 2 aromatic carbocycles. The quantitative estimate of drug-likeness (QED) is 0.808. The minimum Gasteiger partial charge on any atom is -0.324 e. The van der Waals surface area contributed by atoms with Gasteiger partial charge in [0.2, 0.25) is 0 Å². The van der Waals surface area contributed by atoms with E-state index >= 15 is 0 Å². The molecule has 1 aliphatic carbocycles. The Kier molecular flexibility index (Phi) is 3.12. The third kappa shape index (κ3) is 2.07. The van der Waals surface area contributed by atoms with Crippen molar-refractivity contribution < 1.29 is 0 Å². The van der Waals surface area contributed by atoms with Crippen molar-refractivity contribution in [1.82, 2.24) is 0 Å². The van der Waals surface area contributed by atoms with Crippen molar-refractivity contribution in [2.45, 2.75) is 32.7 Å². The molecule has 0 saturated carbocycles. The van der Waals surface area contributed by atoms with Gasteiger partial charge in [0.25, 0.3) is 0 Å². The fourth-order valence-electron chi connectivity index (χ4n) is 2.93. The van der Waals surface area contributed by atoms with Crippen LogP contribution < -0.4 is 5.73 Å². The van der Waals surface area contributed by atoms with Crippen molar-refractivity contribution in [2.75, 3.05) is 0 Å². The van der Waals surface area contributed by atoms with E-state index in [0.717, 1.165) is 23.4 Å². The van der Waals surface area contributed by atoms with Crippen molar-refractivity contribution in [1.29, 1.82) is 0 Å². The summed E-state index contributed by atoms with van der Waals surface area (Å²) in [4.78, 5) is 0. The number of benzene rings is 2. The molecule has 0 radical (unpaired) electrons. The molecule has 0 heterocycles. The molecule has 2 aromatic rings. The van der Waals surface area contributed by atoms with Crippen LogP contribution in [0.15, 0.2) is 30.3 Å². The van der Waals surface area contributed by atoms with Crippen LogP contribution in [0.1, 0.15) is 34.7 Å². The highest BCUT2D eigenvalue weighted by atomic mass is 35.5. The summed E-state index contributed by atoms with van der Waals surface area (Å²) < 4.78 is 0. The summed E-state index contributed by atoms with van der Waals surface area (Å²) in [5.74, 6) is 0. The molecule has 2 N–H and O–H groups in total. The fraction of sp³-hybridized carbons (Fsp3) is 0.294. The van der Waals surface area contributed by atoms with E-state index in [9.17, 15) is 0 Å². The summed E-state index contributed by atoms with van der Waals surface area (Å²) in [7, 11) is 0. The molecule has 3 rings (SSSR count). The van der Waals surface area contributed by atoms with E-state index in [0.29, 0.717) is 0 Å². The molecule has 1 unspecified atom stereocenters. The van der Waals surface area contributed by atoms with E-state index < -0.39 is 0 Å². The molecule has 0 aliphatic heterocycles. The van der Waals surface area contributed by atoms with Gasteiger partial charge in [-0.05, 0) is 66.6 Å². The third-order valence-electron chi connectivity index (χ3n) is 4.19. The van der Waals surface area contributed by atoms with Crippen LogP contribution in [0.4, 0.5) is 0 Å². The predicted octanol–water partition coefficient (Wildman–Crippen LogP) is 4.57. The summed E-state index contributed by atoms with van der Waals surface area (Å²) in [6, 6.07) is 10.8. The van der Waals surface area contributed by atoms with E-state index in [1.54, 1.807) is 0 Å². The molecule has 0 aromatic heterocycles. The largest absolute Gasteiger partial charge is 0.324 e. The molecule has 1 aliphatic rings. The number of nitrogens with two attached hydrogens (primary N) is 1. The van der Waals surface area contributed by atoms with Crippen LogP contribution in [0.2, 0.25) is 5.02 Å². The number of hydrogen-bond acceptors (Lipinski definition) is 1. The Hall–Kier alpha value is -1.31. The number of halogens is 1. The molecule has 0 fully saturated rings. The molecular weight excluding hydrogens is 254 g/mol. The number of hydrogen-bond donors (Lipinski definition) is 1. The maximum atomic E-state index is 6.44.